The Labute approximate surface area is 200 Å². The molecule has 6 nitrogen and oxygen atoms in total. The summed E-state index contributed by atoms with van der Waals surface area (Å²) in [5.41, 5.74) is 1.33. The molecule has 1 fully saturated rings. The number of nitrogens with zero attached hydrogens (tertiary/aromatic N) is 3. The number of unbranched alkanes of at least 4 members (excludes halogenated alkanes) is 1. The number of aromatic nitrogens is 2. The van der Waals surface area contributed by atoms with E-state index >= 15 is 0 Å². The van der Waals surface area contributed by atoms with Gasteiger partial charge in [0, 0.05) is 25.4 Å². The largest absolute Gasteiger partial charge is 0.494 e. The van der Waals surface area contributed by atoms with Gasteiger partial charge in [0.05, 0.1) is 6.04 Å². The van der Waals surface area contributed by atoms with Crippen LogP contribution in [-0.2, 0) is 6.42 Å². The first kappa shape index (κ1) is 23.7. The average molecular weight is 460 g/mol. The number of rotatable bonds is 8. The Balaban J connectivity index is 1.72. The molecule has 3 aromatic rings. The summed E-state index contributed by atoms with van der Waals surface area (Å²) in [6, 6.07) is 19.8. The normalized spacial score (nSPS) is 16.5. The van der Waals surface area contributed by atoms with Crippen LogP contribution in [0.5, 0.6) is 5.88 Å². The van der Waals surface area contributed by atoms with Crippen LogP contribution < -0.4 is 5.56 Å². The van der Waals surface area contributed by atoms with E-state index in [1.165, 1.54) is 5.56 Å². The molecule has 0 bridgehead atoms. The molecule has 1 aromatic heterocycles. The number of carbonyl (C=O) groups is 1. The van der Waals surface area contributed by atoms with E-state index in [0.29, 0.717) is 31.8 Å². The molecule has 0 radical (unpaired) electrons. The van der Waals surface area contributed by atoms with Crippen molar-refractivity contribution in [3.8, 4) is 5.88 Å². The van der Waals surface area contributed by atoms with Crippen molar-refractivity contribution in [3.05, 3.63) is 93.5 Å². The highest BCUT2D eigenvalue weighted by molar-refractivity contribution is 5.96. The Hall–Kier alpha value is -3.41. The van der Waals surface area contributed by atoms with Crippen LogP contribution in [0.25, 0.3) is 0 Å². The van der Waals surface area contributed by atoms with Crippen molar-refractivity contribution in [2.75, 3.05) is 13.1 Å². The number of carbonyl (C=O) groups excluding carboxylic acids is 1. The molecule has 0 saturated carbocycles. The fraction of sp³-hybridized carbons (Fsp3) is 0.393. The van der Waals surface area contributed by atoms with E-state index in [9.17, 15) is 14.7 Å². The minimum absolute atomic E-state index is 0.219. The van der Waals surface area contributed by atoms with E-state index < -0.39 is 11.5 Å². The van der Waals surface area contributed by atoms with Crippen LogP contribution in [0.4, 0.5) is 0 Å². The summed E-state index contributed by atoms with van der Waals surface area (Å²) in [6.07, 6.45) is 3.86. The van der Waals surface area contributed by atoms with Crippen molar-refractivity contribution in [2.45, 2.75) is 57.9 Å². The van der Waals surface area contributed by atoms with Gasteiger partial charge in [-0.25, -0.2) is 0 Å². The van der Waals surface area contributed by atoms with Crippen molar-refractivity contribution in [3.63, 3.8) is 0 Å². The smallest absolute Gasteiger partial charge is 0.289 e. The SMILES string of the molecule is CCCCc1nc(=O)c(C(=O)N2CC[C@@H](c3ccccc3)C2)c(O)n1[C@@H](CC)c1ccccc1. The van der Waals surface area contributed by atoms with Crippen molar-refractivity contribution < 1.29 is 9.90 Å². The zero-order valence-corrected chi connectivity index (χ0v) is 20.0. The maximum atomic E-state index is 13.5. The van der Waals surface area contributed by atoms with E-state index in [-0.39, 0.29) is 23.4 Å². The van der Waals surface area contributed by atoms with Gasteiger partial charge in [-0.2, -0.15) is 4.98 Å². The van der Waals surface area contributed by atoms with Gasteiger partial charge in [0.2, 0.25) is 5.88 Å². The number of hydrogen-bond acceptors (Lipinski definition) is 4. The Morgan fingerprint density at radius 3 is 2.41 bits per heavy atom. The van der Waals surface area contributed by atoms with E-state index in [1.807, 2.05) is 55.5 Å². The summed E-state index contributed by atoms with van der Waals surface area (Å²) in [6.45, 7) is 5.18. The maximum absolute atomic E-state index is 13.5. The monoisotopic (exact) mass is 459 g/mol. The lowest BCUT2D eigenvalue weighted by Crippen LogP contribution is -2.35. The molecule has 0 spiro atoms. The number of amides is 1. The highest BCUT2D eigenvalue weighted by Gasteiger charge is 2.33. The second-order valence-corrected chi connectivity index (χ2v) is 8.99. The number of benzene rings is 2. The predicted molar refractivity (Wildman–Crippen MR) is 133 cm³/mol. The molecule has 0 aliphatic carbocycles. The second-order valence-electron chi connectivity index (χ2n) is 8.99. The lowest BCUT2D eigenvalue weighted by Gasteiger charge is -2.26. The summed E-state index contributed by atoms with van der Waals surface area (Å²) >= 11 is 0. The van der Waals surface area contributed by atoms with Gasteiger partial charge in [-0.05, 0) is 30.4 Å². The number of aromatic hydroxyl groups is 1. The van der Waals surface area contributed by atoms with Crippen LogP contribution in [0.1, 0.15) is 78.8 Å². The molecule has 4 rings (SSSR count). The third-order valence-electron chi connectivity index (χ3n) is 6.77. The van der Waals surface area contributed by atoms with Gasteiger partial charge in [-0.15, -0.1) is 0 Å². The van der Waals surface area contributed by atoms with Gasteiger partial charge in [0.15, 0.2) is 5.56 Å². The van der Waals surface area contributed by atoms with Crippen LogP contribution in [0, 0.1) is 0 Å². The van der Waals surface area contributed by atoms with Crippen molar-refractivity contribution >= 4 is 5.91 Å². The molecule has 2 heterocycles. The van der Waals surface area contributed by atoms with Gasteiger partial charge >= 0.3 is 0 Å². The van der Waals surface area contributed by atoms with E-state index in [4.69, 9.17) is 0 Å². The quantitative estimate of drug-likeness (QED) is 0.519. The lowest BCUT2D eigenvalue weighted by molar-refractivity contribution is 0.0783. The van der Waals surface area contributed by atoms with Gasteiger partial charge < -0.3 is 10.0 Å². The lowest BCUT2D eigenvalue weighted by atomic mass is 9.99. The minimum atomic E-state index is -0.643. The van der Waals surface area contributed by atoms with E-state index in [2.05, 4.69) is 24.0 Å². The molecule has 34 heavy (non-hydrogen) atoms. The topological polar surface area (TPSA) is 75.4 Å². The van der Waals surface area contributed by atoms with Crippen molar-refractivity contribution in [1.29, 1.82) is 0 Å². The highest BCUT2D eigenvalue weighted by Crippen LogP contribution is 2.32. The van der Waals surface area contributed by atoms with Crippen molar-refractivity contribution in [2.24, 2.45) is 0 Å². The van der Waals surface area contributed by atoms with Crippen LogP contribution >= 0.6 is 0 Å². The summed E-state index contributed by atoms with van der Waals surface area (Å²) in [5, 5.41) is 11.4. The Morgan fingerprint density at radius 2 is 1.76 bits per heavy atom. The van der Waals surface area contributed by atoms with Crippen molar-refractivity contribution in [1.82, 2.24) is 14.5 Å². The van der Waals surface area contributed by atoms with Crippen LogP contribution in [0.3, 0.4) is 0 Å². The van der Waals surface area contributed by atoms with Gasteiger partial charge in [-0.1, -0.05) is 80.9 Å². The maximum Gasteiger partial charge on any atom is 0.289 e. The number of aryl methyl sites for hydroxylation is 1. The Kier molecular flexibility index (Phi) is 7.46. The highest BCUT2D eigenvalue weighted by atomic mass is 16.3. The Morgan fingerprint density at radius 1 is 1.09 bits per heavy atom. The molecular weight excluding hydrogens is 426 g/mol. The van der Waals surface area contributed by atoms with E-state index in [0.717, 1.165) is 24.8 Å². The molecule has 1 saturated heterocycles. The third kappa shape index (κ3) is 4.76. The molecular formula is C28H33N3O3. The van der Waals surface area contributed by atoms with Gasteiger partial charge in [-0.3, -0.25) is 14.2 Å². The zero-order valence-electron chi connectivity index (χ0n) is 20.0. The summed E-state index contributed by atoms with van der Waals surface area (Å²) in [5.74, 6) is 0.0429. The number of hydrogen-bond donors (Lipinski definition) is 1. The first-order valence-electron chi connectivity index (χ1n) is 12.3. The van der Waals surface area contributed by atoms with Crippen LogP contribution in [-0.4, -0.2) is 38.6 Å². The first-order chi connectivity index (χ1) is 16.5. The second kappa shape index (κ2) is 10.7. The van der Waals surface area contributed by atoms with Crippen LogP contribution in [0.2, 0.25) is 0 Å². The summed E-state index contributed by atoms with van der Waals surface area (Å²) in [4.78, 5) is 32.6. The zero-order chi connectivity index (χ0) is 24.1. The number of likely N-dealkylation sites (tertiary alicyclic amines) is 1. The van der Waals surface area contributed by atoms with E-state index in [1.54, 1.807) is 9.47 Å². The fourth-order valence-electron chi connectivity index (χ4n) is 4.93. The predicted octanol–water partition coefficient (Wildman–Crippen LogP) is 4.92. The molecule has 1 aliphatic rings. The minimum Gasteiger partial charge on any atom is -0.494 e. The summed E-state index contributed by atoms with van der Waals surface area (Å²) in [7, 11) is 0. The third-order valence-corrected chi connectivity index (χ3v) is 6.77. The van der Waals surface area contributed by atoms with Gasteiger partial charge in [0.1, 0.15) is 5.82 Å². The molecule has 0 unspecified atom stereocenters. The standard InChI is InChI=1S/C28H33N3O3/c1-3-5-16-24-29-26(32)25(28(34)31(24)23(4-2)21-14-10-7-11-15-21)27(33)30-18-17-22(19-30)20-12-8-6-9-13-20/h6-15,22-23,34H,3-5,16-19H2,1-2H3/t22-,23+/m1/s1. The summed E-state index contributed by atoms with van der Waals surface area (Å²) < 4.78 is 1.71. The van der Waals surface area contributed by atoms with Gasteiger partial charge in [0.25, 0.3) is 11.5 Å². The molecule has 178 valence electrons. The first-order valence-corrected chi connectivity index (χ1v) is 12.3. The molecule has 1 amide bonds. The van der Waals surface area contributed by atoms with Crippen LogP contribution in [0.15, 0.2) is 65.5 Å². The Bertz CT molecular complexity index is 1170. The molecule has 1 N–H and O–H groups in total. The average Bonchev–Trinajstić information content (AvgIpc) is 3.36. The molecule has 2 atom stereocenters. The molecule has 2 aromatic carbocycles. The fourth-order valence-corrected chi connectivity index (χ4v) is 4.93. The molecule has 6 heteroatoms. The molecule has 1 aliphatic heterocycles.